The van der Waals surface area contributed by atoms with E-state index in [2.05, 4.69) is 21.2 Å². The van der Waals surface area contributed by atoms with Gasteiger partial charge in [-0.15, -0.1) is 0 Å². The molecule has 0 bridgehead atoms. The maximum atomic E-state index is 10.9. The van der Waals surface area contributed by atoms with Crippen LogP contribution in [0.15, 0.2) is 72.1 Å². The van der Waals surface area contributed by atoms with Crippen LogP contribution in [0.3, 0.4) is 0 Å². The van der Waals surface area contributed by atoms with Gasteiger partial charge in [0, 0.05) is 12.4 Å². The molecular formula is C25H25N3O4. The van der Waals surface area contributed by atoms with Gasteiger partial charge in [-0.3, -0.25) is 9.97 Å². The molecule has 0 amide bonds. The Balaban J connectivity index is 1.45. The summed E-state index contributed by atoms with van der Waals surface area (Å²) < 4.78 is 5.50. The standard InChI is InChI=1S/C25H25N3O4/c29-24(30)17-31-23-12-6-8-19-18(7-5-9-20(19)23)13-16-32-28-25(21-10-1-3-14-26-21)22-11-2-4-15-27-22/h1-4,6,8,10-12,14-15,18H,5,7,9,13,16-17H2,(H,29,30). The molecule has 32 heavy (non-hydrogen) atoms. The monoisotopic (exact) mass is 431 g/mol. The van der Waals surface area contributed by atoms with E-state index in [-0.39, 0.29) is 6.61 Å². The summed E-state index contributed by atoms with van der Waals surface area (Å²) in [7, 11) is 0. The Kier molecular flexibility index (Phi) is 7.07. The highest BCUT2D eigenvalue weighted by molar-refractivity contribution is 6.10. The maximum Gasteiger partial charge on any atom is 0.341 e. The summed E-state index contributed by atoms with van der Waals surface area (Å²) in [4.78, 5) is 25.4. The van der Waals surface area contributed by atoms with Crippen LogP contribution < -0.4 is 4.74 Å². The number of pyridine rings is 2. The van der Waals surface area contributed by atoms with Gasteiger partial charge in [-0.05, 0) is 73.1 Å². The van der Waals surface area contributed by atoms with E-state index in [4.69, 9.17) is 14.7 Å². The third-order valence-electron chi connectivity index (χ3n) is 5.47. The van der Waals surface area contributed by atoms with E-state index < -0.39 is 5.97 Å². The highest BCUT2D eigenvalue weighted by atomic mass is 16.6. The number of fused-ring (bicyclic) bond motifs is 1. The molecule has 1 aliphatic carbocycles. The van der Waals surface area contributed by atoms with Gasteiger partial charge in [-0.25, -0.2) is 4.79 Å². The van der Waals surface area contributed by atoms with Crippen molar-refractivity contribution in [3.05, 3.63) is 89.5 Å². The summed E-state index contributed by atoms with van der Waals surface area (Å²) in [6.07, 6.45) is 7.21. The average molecular weight is 431 g/mol. The average Bonchev–Trinajstić information content (AvgIpc) is 2.84. The van der Waals surface area contributed by atoms with Gasteiger partial charge in [-0.1, -0.05) is 29.4 Å². The van der Waals surface area contributed by atoms with Crippen LogP contribution in [0.5, 0.6) is 5.75 Å². The van der Waals surface area contributed by atoms with Gasteiger partial charge in [0.2, 0.25) is 0 Å². The van der Waals surface area contributed by atoms with E-state index in [0.29, 0.717) is 35.4 Å². The number of carbonyl (C=O) groups is 1. The molecule has 7 heteroatoms. The Hall–Kier alpha value is -3.74. The van der Waals surface area contributed by atoms with Crippen LogP contribution in [-0.4, -0.2) is 40.0 Å². The molecule has 1 aromatic carbocycles. The highest BCUT2D eigenvalue weighted by Crippen LogP contribution is 2.38. The molecule has 3 aromatic rings. The van der Waals surface area contributed by atoms with E-state index in [0.717, 1.165) is 31.2 Å². The molecule has 1 atom stereocenters. The molecule has 1 N–H and O–H groups in total. The number of carboxylic acids is 1. The summed E-state index contributed by atoms with van der Waals surface area (Å²) >= 11 is 0. The largest absolute Gasteiger partial charge is 0.482 e. The van der Waals surface area contributed by atoms with Crippen molar-refractivity contribution in [1.29, 1.82) is 0 Å². The van der Waals surface area contributed by atoms with Crippen LogP contribution in [0, 0.1) is 0 Å². The normalized spacial score (nSPS) is 14.8. The molecular weight excluding hydrogens is 406 g/mol. The first-order valence-electron chi connectivity index (χ1n) is 10.7. The number of oxime groups is 1. The number of nitrogens with zero attached hydrogens (tertiary/aromatic N) is 3. The minimum atomic E-state index is -0.974. The summed E-state index contributed by atoms with van der Waals surface area (Å²) in [5.41, 5.74) is 4.32. The van der Waals surface area contributed by atoms with Crippen LogP contribution in [-0.2, 0) is 16.1 Å². The van der Waals surface area contributed by atoms with Crippen molar-refractivity contribution in [3.63, 3.8) is 0 Å². The van der Waals surface area contributed by atoms with Crippen molar-refractivity contribution in [2.75, 3.05) is 13.2 Å². The number of benzene rings is 1. The highest BCUT2D eigenvalue weighted by Gasteiger charge is 2.23. The van der Waals surface area contributed by atoms with Crippen molar-refractivity contribution in [2.24, 2.45) is 5.16 Å². The fourth-order valence-electron chi connectivity index (χ4n) is 4.02. The minimum absolute atomic E-state index is 0.315. The van der Waals surface area contributed by atoms with E-state index >= 15 is 0 Å². The van der Waals surface area contributed by atoms with Gasteiger partial charge in [0.15, 0.2) is 12.3 Å². The Morgan fingerprint density at radius 2 is 1.78 bits per heavy atom. The summed E-state index contributed by atoms with van der Waals surface area (Å²) in [6, 6.07) is 17.2. The van der Waals surface area contributed by atoms with Crippen LogP contribution in [0.4, 0.5) is 0 Å². The quantitative estimate of drug-likeness (QED) is 0.310. The summed E-state index contributed by atoms with van der Waals surface area (Å²) in [5, 5.41) is 13.3. The van der Waals surface area contributed by atoms with Crippen molar-refractivity contribution < 1.29 is 19.5 Å². The molecule has 0 saturated carbocycles. The lowest BCUT2D eigenvalue weighted by atomic mass is 9.81. The zero-order valence-corrected chi connectivity index (χ0v) is 17.7. The molecule has 2 heterocycles. The maximum absolute atomic E-state index is 10.9. The Morgan fingerprint density at radius 3 is 2.44 bits per heavy atom. The van der Waals surface area contributed by atoms with Gasteiger partial charge in [0.25, 0.3) is 0 Å². The molecule has 7 nitrogen and oxygen atoms in total. The topological polar surface area (TPSA) is 93.9 Å². The van der Waals surface area contributed by atoms with Gasteiger partial charge in [0.05, 0.1) is 11.4 Å². The van der Waals surface area contributed by atoms with Crippen molar-refractivity contribution in [1.82, 2.24) is 9.97 Å². The first kappa shape index (κ1) is 21.5. The van der Waals surface area contributed by atoms with Gasteiger partial charge in [0.1, 0.15) is 12.4 Å². The van der Waals surface area contributed by atoms with Crippen LogP contribution in [0.25, 0.3) is 0 Å². The van der Waals surface area contributed by atoms with Gasteiger partial charge >= 0.3 is 5.97 Å². The lowest BCUT2D eigenvalue weighted by Crippen LogP contribution is -2.15. The first-order chi connectivity index (χ1) is 15.7. The molecule has 0 radical (unpaired) electrons. The molecule has 0 saturated heterocycles. The zero-order chi connectivity index (χ0) is 22.2. The molecule has 0 fully saturated rings. The van der Waals surface area contributed by atoms with Gasteiger partial charge in [-0.2, -0.15) is 0 Å². The number of carboxylic acid groups (broad SMARTS) is 1. The number of ether oxygens (including phenoxy) is 1. The van der Waals surface area contributed by atoms with E-state index in [1.807, 2.05) is 48.5 Å². The first-order valence-corrected chi connectivity index (χ1v) is 10.7. The van der Waals surface area contributed by atoms with Crippen LogP contribution in [0.1, 0.15) is 47.7 Å². The predicted molar refractivity (Wildman–Crippen MR) is 120 cm³/mol. The third kappa shape index (κ3) is 5.29. The molecule has 0 aliphatic heterocycles. The summed E-state index contributed by atoms with van der Waals surface area (Å²) in [6.45, 7) is 0.121. The number of rotatable bonds is 9. The molecule has 1 aliphatic rings. The summed E-state index contributed by atoms with van der Waals surface area (Å²) in [5.74, 6) is 0.00875. The van der Waals surface area contributed by atoms with Gasteiger partial charge < -0.3 is 14.7 Å². The fraction of sp³-hybridized carbons (Fsp3) is 0.280. The second-order valence-corrected chi connectivity index (χ2v) is 7.59. The minimum Gasteiger partial charge on any atom is -0.482 e. The second kappa shape index (κ2) is 10.5. The van der Waals surface area contributed by atoms with E-state index in [1.165, 1.54) is 5.56 Å². The lowest BCUT2D eigenvalue weighted by Gasteiger charge is -2.26. The molecule has 4 rings (SSSR count). The Labute approximate surface area is 186 Å². The molecule has 1 unspecified atom stereocenters. The van der Waals surface area contributed by atoms with Crippen molar-refractivity contribution >= 4 is 11.7 Å². The van der Waals surface area contributed by atoms with Crippen molar-refractivity contribution in [2.45, 2.75) is 31.6 Å². The third-order valence-corrected chi connectivity index (χ3v) is 5.47. The fourth-order valence-corrected chi connectivity index (χ4v) is 4.02. The zero-order valence-electron chi connectivity index (χ0n) is 17.7. The number of aliphatic carboxylic acids is 1. The Morgan fingerprint density at radius 1 is 1.03 bits per heavy atom. The Bertz CT molecular complexity index is 1030. The molecule has 0 spiro atoms. The predicted octanol–water partition coefficient (Wildman–Crippen LogP) is 4.22. The number of hydrogen-bond donors (Lipinski definition) is 1. The second-order valence-electron chi connectivity index (χ2n) is 7.59. The van der Waals surface area contributed by atoms with Crippen molar-refractivity contribution in [3.8, 4) is 5.75 Å². The lowest BCUT2D eigenvalue weighted by molar-refractivity contribution is -0.139. The van der Waals surface area contributed by atoms with Crippen LogP contribution >= 0.6 is 0 Å². The van der Waals surface area contributed by atoms with Crippen LogP contribution in [0.2, 0.25) is 0 Å². The molecule has 2 aromatic heterocycles. The molecule has 164 valence electrons. The smallest absolute Gasteiger partial charge is 0.341 e. The SMILES string of the molecule is O=C(O)COc1cccc2c1CCCC2CCON=C(c1ccccn1)c1ccccn1. The number of hydrogen-bond acceptors (Lipinski definition) is 6. The van der Waals surface area contributed by atoms with E-state index in [9.17, 15) is 4.79 Å². The van der Waals surface area contributed by atoms with E-state index in [1.54, 1.807) is 12.4 Å². The number of aromatic nitrogens is 2.